The van der Waals surface area contributed by atoms with E-state index in [2.05, 4.69) is 0 Å². The van der Waals surface area contributed by atoms with Crippen LogP contribution in [0.3, 0.4) is 0 Å². The summed E-state index contributed by atoms with van der Waals surface area (Å²) in [7, 11) is -3.47. The van der Waals surface area contributed by atoms with Crippen LogP contribution in [-0.4, -0.2) is 55.5 Å². The highest BCUT2D eigenvalue weighted by atomic mass is 32.2. The third-order valence-corrected chi connectivity index (χ3v) is 7.09. The molecule has 1 amide bonds. The molecule has 0 radical (unpaired) electrons. The number of hydrogen-bond acceptors (Lipinski definition) is 4. The lowest BCUT2D eigenvalue weighted by Crippen LogP contribution is -2.50. The van der Waals surface area contributed by atoms with Crippen LogP contribution in [0.1, 0.15) is 12.0 Å². The third-order valence-electron chi connectivity index (χ3n) is 4.51. The van der Waals surface area contributed by atoms with Crippen LogP contribution in [0.5, 0.6) is 0 Å². The Labute approximate surface area is 171 Å². The van der Waals surface area contributed by atoms with Gasteiger partial charge in [0.15, 0.2) is 0 Å². The highest BCUT2D eigenvalue weighted by molar-refractivity contribution is 7.99. The number of sulfonamides is 1. The number of nitrogens with zero attached hydrogens (tertiary/aromatic N) is 2. The van der Waals surface area contributed by atoms with Crippen molar-refractivity contribution in [2.45, 2.75) is 11.3 Å². The Morgan fingerprint density at radius 3 is 2.18 bits per heavy atom. The largest absolute Gasteiger partial charge is 0.340 e. The molecule has 0 N–H and O–H groups in total. The van der Waals surface area contributed by atoms with Crippen LogP contribution >= 0.6 is 11.8 Å². The van der Waals surface area contributed by atoms with Gasteiger partial charge in [-0.05, 0) is 23.8 Å². The van der Waals surface area contributed by atoms with Crippen molar-refractivity contribution in [3.05, 3.63) is 71.6 Å². The zero-order valence-electron chi connectivity index (χ0n) is 15.6. The smallest absolute Gasteiger partial charge is 0.236 e. The summed E-state index contributed by atoms with van der Waals surface area (Å²) >= 11 is 1.66. The van der Waals surface area contributed by atoms with E-state index in [1.54, 1.807) is 22.7 Å². The van der Waals surface area contributed by atoms with Gasteiger partial charge < -0.3 is 4.90 Å². The van der Waals surface area contributed by atoms with Crippen LogP contribution in [0.2, 0.25) is 0 Å². The number of carbonyl (C=O) groups excluding carboxylic acids is 1. The van der Waals surface area contributed by atoms with Gasteiger partial charge in [0.05, 0.1) is 0 Å². The van der Waals surface area contributed by atoms with Gasteiger partial charge in [-0.1, -0.05) is 48.5 Å². The van der Waals surface area contributed by atoms with Crippen LogP contribution in [0, 0.1) is 0 Å². The molecular formula is C21H24N2O3S2. The Morgan fingerprint density at radius 2 is 1.54 bits per heavy atom. The van der Waals surface area contributed by atoms with Gasteiger partial charge >= 0.3 is 0 Å². The van der Waals surface area contributed by atoms with Crippen molar-refractivity contribution in [2.24, 2.45) is 0 Å². The van der Waals surface area contributed by atoms with Crippen LogP contribution in [-0.2, 0) is 14.8 Å². The highest BCUT2D eigenvalue weighted by Gasteiger charge is 2.27. The Hall–Kier alpha value is -2.09. The van der Waals surface area contributed by atoms with Crippen molar-refractivity contribution in [2.75, 3.05) is 31.9 Å². The summed E-state index contributed by atoms with van der Waals surface area (Å²) in [5, 5.41) is 1.25. The Bertz CT molecular complexity index is 892. The first-order valence-electron chi connectivity index (χ1n) is 9.23. The van der Waals surface area contributed by atoms with E-state index in [0.29, 0.717) is 32.6 Å². The zero-order chi connectivity index (χ0) is 19.8. The summed E-state index contributed by atoms with van der Waals surface area (Å²) in [6.45, 7) is 1.54. The van der Waals surface area contributed by atoms with Crippen LogP contribution in [0.4, 0.5) is 0 Å². The number of thioether (sulfide) groups is 1. The van der Waals surface area contributed by atoms with Crippen LogP contribution < -0.4 is 0 Å². The van der Waals surface area contributed by atoms with Gasteiger partial charge in [0.25, 0.3) is 0 Å². The van der Waals surface area contributed by atoms with Crippen molar-refractivity contribution in [3.63, 3.8) is 0 Å². The Kier molecular flexibility index (Phi) is 7.30. The van der Waals surface area contributed by atoms with E-state index >= 15 is 0 Å². The lowest BCUT2D eigenvalue weighted by molar-refractivity contribution is -0.131. The molecule has 1 heterocycles. The predicted octanol–water partition coefficient (Wildman–Crippen LogP) is 3.31. The maximum absolute atomic E-state index is 12.5. The first kappa shape index (κ1) is 20.6. The summed E-state index contributed by atoms with van der Waals surface area (Å²) in [4.78, 5) is 15.3. The minimum atomic E-state index is -3.47. The van der Waals surface area contributed by atoms with E-state index in [1.807, 2.05) is 60.7 Å². The second-order valence-corrected chi connectivity index (χ2v) is 9.44. The molecule has 148 valence electrons. The molecular weight excluding hydrogens is 392 g/mol. The average molecular weight is 417 g/mol. The van der Waals surface area contributed by atoms with Crippen molar-refractivity contribution in [1.82, 2.24) is 9.21 Å². The highest BCUT2D eigenvalue weighted by Crippen LogP contribution is 2.19. The van der Waals surface area contributed by atoms with Crippen molar-refractivity contribution in [1.29, 1.82) is 0 Å². The van der Waals surface area contributed by atoms with Crippen molar-refractivity contribution in [3.8, 4) is 0 Å². The van der Waals surface area contributed by atoms with Crippen molar-refractivity contribution < 1.29 is 13.2 Å². The molecule has 0 atom stereocenters. The fourth-order valence-corrected chi connectivity index (χ4v) is 4.97. The fraction of sp³-hybridized carbons (Fsp3) is 0.286. The topological polar surface area (TPSA) is 57.7 Å². The molecule has 2 aromatic carbocycles. The number of benzene rings is 2. The maximum Gasteiger partial charge on any atom is 0.236 e. The normalized spacial score (nSPS) is 15.8. The molecule has 1 aliphatic heterocycles. The first-order chi connectivity index (χ1) is 13.5. The molecule has 3 rings (SSSR count). The maximum atomic E-state index is 12.5. The molecule has 2 aromatic rings. The zero-order valence-corrected chi connectivity index (χ0v) is 17.2. The molecule has 0 aliphatic carbocycles. The number of hydrogen-bond donors (Lipinski definition) is 0. The van der Waals surface area contributed by atoms with Gasteiger partial charge in [-0.2, -0.15) is 4.31 Å². The molecule has 0 bridgehead atoms. The van der Waals surface area contributed by atoms with E-state index in [0.717, 1.165) is 16.2 Å². The van der Waals surface area contributed by atoms with Crippen LogP contribution in [0.25, 0.3) is 6.08 Å². The predicted molar refractivity (Wildman–Crippen MR) is 114 cm³/mol. The molecule has 0 unspecified atom stereocenters. The summed E-state index contributed by atoms with van der Waals surface area (Å²) in [6.07, 6.45) is 2.06. The number of amides is 1. The van der Waals surface area contributed by atoms with Gasteiger partial charge in [-0.25, -0.2) is 8.42 Å². The van der Waals surface area contributed by atoms with Gasteiger partial charge in [-0.3, -0.25) is 4.79 Å². The lowest BCUT2D eigenvalue weighted by Gasteiger charge is -2.33. The Balaban J connectivity index is 1.45. The minimum Gasteiger partial charge on any atom is -0.340 e. The number of carbonyl (C=O) groups is 1. The third kappa shape index (κ3) is 5.95. The van der Waals surface area contributed by atoms with E-state index in [-0.39, 0.29) is 5.91 Å². The Morgan fingerprint density at radius 1 is 0.929 bits per heavy atom. The second kappa shape index (κ2) is 9.91. The van der Waals surface area contributed by atoms with Gasteiger partial charge in [0.2, 0.25) is 15.9 Å². The molecule has 7 heteroatoms. The summed E-state index contributed by atoms with van der Waals surface area (Å²) in [5.74, 6) is 0.807. The summed E-state index contributed by atoms with van der Waals surface area (Å²) < 4.78 is 26.4. The molecule has 5 nitrogen and oxygen atoms in total. The lowest BCUT2D eigenvalue weighted by atomic mass is 10.2. The fourth-order valence-electron chi connectivity index (χ4n) is 2.94. The van der Waals surface area contributed by atoms with Crippen LogP contribution in [0.15, 0.2) is 71.0 Å². The second-order valence-electron chi connectivity index (χ2n) is 6.45. The van der Waals surface area contributed by atoms with Crippen molar-refractivity contribution >= 4 is 33.8 Å². The molecule has 0 saturated carbocycles. The minimum absolute atomic E-state index is 0.0836. The van der Waals surface area contributed by atoms with E-state index < -0.39 is 10.0 Å². The van der Waals surface area contributed by atoms with Gasteiger partial charge in [0, 0.05) is 48.7 Å². The molecule has 0 aromatic heterocycles. The average Bonchev–Trinajstić information content (AvgIpc) is 2.74. The quantitative estimate of drug-likeness (QED) is 0.650. The van der Waals surface area contributed by atoms with Gasteiger partial charge in [0.1, 0.15) is 0 Å². The van der Waals surface area contributed by atoms with E-state index in [9.17, 15) is 13.2 Å². The molecule has 1 aliphatic rings. The molecule has 28 heavy (non-hydrogen) atoms. The van der Waals surface area contributed by atoms with E-state index in [4.69, 9.17) is 0 Å². The summed E-state index contributed by atoms with van der Waals surface area (Å²) in [5.41, 5.74) is 0.843. The SMILES string of the molecule is O=C(CCSc1ccccc1)N1CCN(S(=O)(=O)/C=C/c2ccccc2)CC1. The number of piperazine rings is 1. The standard InChI is InChI=1S/C21H24N2O3S2/c24-21(11-17-27-20-9-5-2-6-10-20)22-13-15-23(16-14-22)28(25,26)18-12-19-7-3-1-4-8-19/h1-10,12,18H,11,13-17H2/b18-12+. The van der Waals surface area contributed by atoms with E-state index in [1.165, 1.54) is 9.71 Å². The summed E-state index contributed by atoms with van der Waals surface area (Å²) in [6, 6.07) is 19.3. The molecule has 1 fully saturated rings. The number of rotatable bonds is 7. The molecule has 1 saturated heterocycles. The first-order valence-corrected chi connectivity index (χ1v) is 11.7. The monoisotopic (exact) mass is 416 g/mol. The molecule has 0 spiro atoms. The van der Waals surface area contributed by atoms with Gasteiger partial charge in [-0.15, -0.1) is 11.8 Å².